The fourth-order valence-corrected chi connectivity index (χ4v) is 3.77. The minimum atomic E-state index is -0.167. The molecule has 1 heterocycles. The van der Waals surface area contributed by atoms with E-state index in [2.05, 4.69) is 54.6 Å². The van der Waals surface area contributed by atoms with Gasteiger partial charge in [-0.3, -0.25) is 4.79 Å². The maximum Gasteiger partial charge on any atom is 0.235 e. The van der Waals surface area contributed by atoms with Crippen LogP contribution in [0.25, 0.3) is 11.4 Å². The Bertz CT molecular complexity index is 709. The molecule has 1 aromatic carbocycles. The van der Waals surface area contributed by atoms with E-state index in [1.165, 1.54) is 17.3 Å². The van der Waals surface area contributed by atoms with Gasteiger partial charge in [-0.05, 0) is 25.3 Å². The molecule has 0 aliphatic rings. The zero-order valence-electron chi connectivity index (χ0n) is 15.3. The normalized spacial score (nSPS) is 12.5. The molecular weight excluding hydrogens is 320 g/mol. The zero-order chi connectivity index (χ0) is 17.9. The molecule has 2 rings (SSSR count). The van der Waals surface area contributed by atoms with Gasteiger partial charge in [0.25, 0.3) is 0 Å². The monoisotopic (exact) mass is 346 g/mol. The van der Waals surface area contributed by atoms with Crippen LogP contribution in [0.3, 0.4) is 0 Å². The number of thioether (sulfide) groups is 1. The number of carbonyl (C=O) groups excluding carboxylic acids is 1. The van der Waals surface area contributed by atoms with Crippen LogP contribution in [0.15, 0.2) is 29.4 Å². The molecule has 24 heavy (non-hydrogen) atoms. The van der Waals surface area contributed by atoms with E-state index in [-0.39, 0.29) is 17.1 Å². The highest BCUT2D eigenvalue weighted by atomic mass is 32.2. The second-order valence-corrected chi connectivity index (χ2v) is 7.49. The number of hydrogen-bond acceptors (Lipinski definition) is 4. The molecular formula is C18H26N4OS. The molecule has 5 nitrogen and oxygen atoms in total. The Labute approximate surface area is 148 Å². The summed E-state index contributed by atoms with van der Waals surface area (Å²) in [6, 6.07) is 8.16. The lowest BCUT2D eigenvalue weighted by atomic mass is 10.1. The number of hydrogen-bond donors (Lipinski definition) is 0. The highest BCUT2D eigenvalue weighted by molar-refractivity contribution is 8.00. The average Bonchev–Trinajstić information content (AvgIpc) is 2.94. The van der Waals surface area contributed by atoms with Crippen LogP contribution in [0.5, 0.6) is 0 Å². The van der Waals surface area contributed by atoms with E-state index >= 15 is 0 Å². The predicted molar refractivity (Wildman–Crippen MR) is 99.0 cm³/mol. The number of carbonyl (C=O) groups is 1. The van der Waals surface area contributed by atoms with Crippen molar-refractivity contribution in [2.45, 2.75) is 44.6 Å². The smallest absolute Gasteiger partial charge is 0.235 e. The highest BCUT2D eigenvalue weighted by Crippen LogP contribution is 2.31. The van der Waals surface area contributed by atoms with Crippen molar-refractivity contribution in [3.05, 3.63) is 29.8 Å². The summed E-state index contributed by atoms with van der Waals surface area (Å²) in [7, 11) is 3.59. The third-order valence-electron chi connectivity index (χ3n) is 3.94. The van der Waals surface area contributed by atoms with Crippen molar-refractivity contribution >= 4 is 17.7 Å². The number of nitrogens with zero attached hydrogens (tertiary/aromatic N) is 4. The number of aryl methyl sites for hydroxylation is 1. The van der Waals surface area contributed by atoms with Gasteiger partial charge in [0.05, 0.1) is 5.25 Å². The number of benzene rings is 1. The first-order chi connectivity index (χ1) is 11.4. The topological polar surface area (TPSA) is 51.0 Å². The van der Waals surface area contributed by atoms with Crippen LogP contribution in [0.2, 0.25) is 0 Å². The van der Waals surface area contributed by atoms with Crippen LogP contribution in [-0.2, 0) is 11.3 Å². The van der Waals surface area contributed by atoms with Crippen LogP contribution in [0, 0.1) is 12.8 Å². The minimum Gasteiger partial charge on any atom is -0.348 e. The third-order valence-corrected chi connectivity index (χ3v) is 5.45. The van der Waals surface area contributed by atoms with Crippen LogP contribution in [0.4, 0.5) is 0 Å². The molecule has 0 spiro atoms. The lowest BCUT2D eigenvalue weighted by Crippen LogP contribution is -2.35. The fraction of sp³-hybridized carbons (Fsp3) is 0.500. The van der Waals surface area contributed by atoms with Gasteiger partial charge < -0.3 is 9.47 Å². The lowest BCUT2D eigenvalue weighted by molar-refractivity contribution is -0.128. The van der Waals surface area contributed by atoms with Crippen molar-refractivity contribution in [3.8, 4) is 11.4 Å². The van der Waals surface area contributed by atoms with E-state index < -0.39 is 0 Å². The molecule has 2 aromatic rings. The van der Waals surface area contributed by atoms with Crippen molar-refractivity contribution < 1.29 is 4.79 Å². The first kappa shape index (κ1) is 18.5. The number of aromatic nitrogens is 3. The van der Waals surface area contributed by atoms with Gasteiger partial charge in [-0.1, -0.05) is 49.9 Å². The van der Waals surface area contributed by atoms with Gasteiger partial charge in [0.1, 0.15) is 0 Å². The fourth-order valence-electron chi connectivity index (χ4n) is 2.52. The summed E-state index contributed by atoms with van der Waals surface area (Å²) in [6.45, 7) is 9.04. The Kier molecular flexibility index (Phi) is 6.04. The molecule has 0 aliphatic carbocycles. The summed E-state index contributed by atoms with van der Waals surface area (Å²) < 4.78 is 2.09. The van der Waals surface area contributed by atoms with Crippen LogP contribution in [0.1, 0.15) is 26.3 Å². The molecule has 0 bridgehead atoms. The summed E-state index contributed by atoms with van der Waals surface area (Å²) in [5.74, 6) is 1.19. The van der Waals surface area contributed by atoms with Gasteiger partial charge in [-0.2, -0.15) is 0 Å². The Hall–Kier alpha value is -1.82. The molecule has 0 fully saturated rings. The Balaban J connectivity index is 2.39. The largest absolute Gasteiger partial charge is 0.348 e. The molecule has 0 radical (unpaired) electrons. The molecule has 0 saturated heterocycles. The van der Waals surface area contributed by atoms with Gasteiger partial charge in [0.2, 0.25) is 5.91 Å². The first-order valence-corrected chi connectivity index (χ1v) is 9.11. The summed E-state index contributed by atoms with van der Waals surface area (Å²) in [6.07, 6.45) is 0. The van der Waals surface area contributed by atoms with Gasteiger partial charge in [0.15, 0.2) is 11.0 Å². The summed E-state index contributed by atoms with van der Waals surface area (Å²) >= 11 is 1.50. The minimum absolute atomic E-state index is 0.109. The molecule has 6 heteroatoms. The molecule has 1 atom stereocenters. The molecule has 1 aromatic heterocycles. The van der Waals surface area contributed by atoms with Crippen molar-refractivity contribution in [3.63, 3.8) is 0 Å². The molecule has 0 saturated carbocycles. The van der Waals surface area contributed by atoms with Crippen LogP contribution >= 0.6 is 11.8 Å². The van der Waals surface area contributed by atoms with Crippen LogP contribution in [-0.4, -0.2) is 44.9 Å². The van der Waals surface area contributed by atoms with E-state index in [0.29, 0.717) is 0 Å². The maximum absolute atomic E-state index is 12.5. The van der Waals surface area contributed by atoms with E-state index in [9.17, 15) is 4.79 Å². The van der Waals surface area contributed by atoms with E-state index in [1.807, 2.05) is 12.1 Å². The van der Waals surface area contributed by atoms with Crippen molar-refractivity contribution in [2.24, 2.45) is 5.92 Å². The SMILES string of the molecule is CCn1c(S[C@H](C(=O)N(C)C)C(C)C)nnc1-c1ccccc1C. The summed E-state index contributed by atoms with van der Waals surface area (Å²) in [4.78, 5) is 14.1. The summed E-state index contributed by atoms with van der Waals surface area (Å²) in [5.41, 5.74) is 2.25. The maximum atomic E-state index is 12.5. The number of rotatable bonds is 6. The van der Waals surface area contributed by atoms with E-state index in [0.717, 1.165) is 23.1 Å². The predicted octanol–water partition coefficient (Wildman–Crippen LogP) is 3.48. The van der Waals surface area contributed by atoms with Gasteiger partial charge >= 0.3 is 0 Å². The Morgan fingerprint density at radius 1 is 1.25 bits per heavy atom. The molecule has 130 valence electrons. The van der Waals surface area contributed by atoms with Gasteiger partial charge in [0, 0.05) is 26.2 Å². The first-order valence-electron chi connectivity index (χ1n) is 8.23. The quantitative estimate of drug-likeness (QED) is 0.752. The molecule has 0 N–H and O–H groups in total. The van der Waals surface area contributed by atoms with Crippen molar-refractivity contribution in [1.82, 2.24) is 19.7 Å². The van der Waals surface area contributed by atoms with Crippen molar-refractivity contribution in [1.29, 1.82) is 0 Å². The Morgan fingerprint density at radius 2 is 1.92 bits per heavy atom. The molecule has 0 unspecified atom stereocenters. The van der Waals surface area contributed by atoms with Gasteiger partial charge in [-0.25, -0.2) is 0 Å². The highest BCUT2D eigenvalue weighted by Gasteiger charge is 2.28. The van der Waals surface area contributed by atoms with Crippen molar-refractivity contribution in [2.75, 3.05) is 14.1 Å². The Morgan fingerprint density at radius 3 is 2.46 bits per heavy atom. The second kappa shape index (κ2) is 7.83. The van der Waals surface area contributed by atoms with E-state index in [4.69, 9.17) is 0 Å². The molecule has 0 aliphatic heterocycles. The van der Waals surface area contributed by atoms with Crippen LogP contribution < -0.4 is 0 Å². The van der Waals surface area contributed by atoms with Gasteiger partial charge in [-0.15, -0.1) is 10.2 Å². The lowest BCUT2D eigenvalue weighted by Gasteiger charge is -2.22. The standard InChI is InChI=1S/C18H26N4OS/c1-7-22-16(14-11-9-8-10-13(14)4)19-20-18(22)24-15(12(2)3)17(23)21(5)6/h8-12,15H,7H2,1-6H3/t15-/m0/s1. The summed E-state index contributed by atoms with van der Waals surface area (Å²) in [5, 5.41) is 9.40. The third kappa shape index (κ3) is 3.80. The zero-order valence-corrected chi connectivity index (χ0v) is 16.1. The molecule has 1 amide bonds. The second-order valence-electron chi connectivity index (χ2n) is 6.38. The van der Waals surface area contributed by atoms with E-state index in [1.54, 1.807) is 19.0 Å². The number of amides is 1. The average molecular weight is 347 g/mol.